The zero-order valence-corrected chi connectivity index (χ0v) is 15.6. The van der Waals surface area contributed by atoms with Gasteiger partial charge in [0.15, 0.2) is 0 Å². The van der Waals surface area contributed by atoms with E-state index in [0.717, 1.165) is 15.8 Å². The second-order valence-electron chi connectivity index (χ2n) is 6.25. The zero-order chi connectivity index (χ0) is 18.0. The average molecular weight is 400 g/mol. The van der Waals surface area contributed by atoms with Gasteiger partial charge in [0.1, 0.15) is 5.75 Å². The number of halogens is 1. The maximum absolute atomic E-state index is 11.6. The number of carboxylic acid groups (broad SMARTS) is 1. The summed E-state index contributed by atoms with van der Waals surface area (Å²) in [6, 6.07) is 14.6. The minimum Gasteiger partial charge on any atom is -0.493 e. The van der Waals surface area contributed by atoms with Gasteiger partial charge in [0.2, 0.25) is 0 Å². The summed E-state index contributed by atoms with van der Waals surface area (Å²) in [7, 11) is 0. The Morgan fingerprint density at radius 3 is 2.52 bits per heavy atom. The van der Waals surface area contributed by atoms with E-state index in [-0.39, 0.29) is 5.56 Å². The molecule has 0 saturated heterocycles. The third-order valence-corrected chi connectivity index (χ3v) is 4.23. The quantitative estimate of drug-likeness (QED) is 0.623. The molecule has 0 aliphatic rings. The second-order valence-corrected chi connectivity index (χ2v) is 7.17. The van der Waals surface area contributed by atoms with Crippen molar-refractivity contribution in [3.05, 3.63) is 58.6 Å². The van der Waals surface area contributed by atoms with Crippen molar-refractivity contribution in [2.75, 3.05) is 6.61 Å². The molecule has 0 spiro atoms. The molecule has 0 aliphatic carbocycles. The van der Waals surface area contributed by atoms with Gasteiger partial charge >= 0.3 is 5.97 Å². The van der Waals surface area contributed by atoms with E-state index >= 15 is 0 Å². The fourth-order valence-electron chi connectivity index (χ4n) is 2.51. The van der Waals surface area contributed by atoms with Crippen LogP contribution in [0, 0.1) is 5.92 Å². The fraction of sp³-hybridized carbons (Fsp3) is 0.200. The number of hydrogen-bond acceptors (Lipinski definition) is 3. The number of rotatable bonds is 5. The van der Waals surface area contributed by atoms with Crippen LogP contribution in [0.15, 0.2) is 53.0 Å². The van der Waals surface area contributed by atoms with Crippen molar-refractivity contribution in [1.82, 2.24) is 4.98 Å². The standard InChI is InChI=1S/C20H18BrNO3/c1-12(2)11-25-15-6-3-13(4-7-15)19-10-17(20(23)24)16-9-14(21)5-8-18(16)22-19/h3-10,12H,11H2,1-2H3,(H,23,24). The Balaban J connectivity index is 2.01. The van der Waals surface area contributed by atoms with Gasteiger partial charge in [0, 0.05) is 15.4 Å². The molecule has 0 aliphatic heterocycles. The number of carboxylic acids is 1. The van der Waals surface area contributed by atoms with E-state index in [4.69, 9.17) is 4.74 Å². The zero-order valence-electron chi connectivity index (χ0n) is 14.0. The molecule has 0 atom stereocenters. The van der Waals surface area contributed by atoms with Gasteiger partial charge in [-0.1, -0.05) is 29.8 Å². The van der Waals surface area contributed by atoms with E-state index in [9.17, 15) is 9.90 Å². The molecule has 3 rings (SSSR count). The smallest absolute Gasteiger partial charge is 0.336 e. The molecule has 0 saturated carbocycles. The van der Waals surface area contributed by atoms with Crippen molar-refractivity contribution < 1.29 is 14.6 Å². The molecule has 128 valence electrons. The first-order valence-electron chi connectivity index (χ1n) is 8.01. The number of aromatic nitrogens is 1. The molecule has 3 aromatic rings. The first kappa shape index (κ1) is 17.4. The Bertz CT molecular complexity index is 920. The van der Waals surface area contributed by atoms with Crippen LogP contribution in [0.1, 0.15) is 24.2 Å². The summed E-state index contributed by atoms with van der Waals surface area (Å²) < 4.78 is 6.51. The molecule has 0 fully saturated rings. The fourth-order valence-corrected chi connectivity index (χ4v) is 2.87. The summed E-state index contributed by atoms with van der Waals surface area (Å²) in [5, 5.41) is 10.2. The number of aromatic carboxylic acids is 1. The molecule has 1 heterocycles. The van der Waals surface area contributed by atoms with Crippen molar-refractivity contribution in [3.8, 4) is 17.0 Å². The molecule has 1 aromatic heterocycles. The molecule has 4 nitrogen and oxygen atoms in total. The van der Waals surface area contributed by atoms with Crippen LogP contribution < -0.4 is 4.74 Å². The van der Waals surface area contributed by atoms with E-state index in [1.807, 2.05) is 36.4 Å². The highest BCUT2D eigenvalue weighted by Crippen LogP contribution is 2.28. The third kappa shape index (κ3) is 3.99. The molecule has 0 bridgehead atoms. The predicted octanol–water partition coefficient (Wildman–Crippen LogP) is 5.40. The third-order valence-electron chi connectivity index (χ3n) is 3.73. The Labute approximate surface area is 154 Å². The lowest BCUT2D eigenvalue weighted by molar-refractivity contribution is 0.0699. The number of hydrogen-bond donors (Lipinski definition) is 1. The van der Waals surface area contributed by atoms with Gasteiger partial charge in [-0.3, -0.25) is 0 Å². The maximum atomic E-state index is 11.6. The van der Waals surface area contributed by atoms with Gasteiger partial charge in [-0.25, -0.2) is 9.78 Å². The Morgan fingerprint density at radius 1 is 1.16 bits per heavy atom. The molecule has 0 amide bonds. The highest BCUT2D eigenvalue weighted by Gasteiger charge is 2.13. The number of pyridine rings is 1. The summed E-state index contributed by atoms with van der Waals surface area (Å²) in [6.45, 7) is 4.85. The van der Waals surface area contributed by atoms with E-state index < -0.39 is 5.97 Å². The number of nitrogens with zero attached hydrogens (tertiary/aromatic N) is 1. The largest absolute Gasteiger partial charge is 0.493 e. The summed E-state index contributed by atoms with van der Waals surface area (Å²) in [5.41, 5.74) is 2.37. The highest BCUT2D eigenvalue weighted by atomic mass is 79.9. The van der Waals surface area contributed by atoms with Gasteiger partial charge in [-0.15, -0.1) is 0 Å². The Morgan fingerprint density at radius 2 is 1.88 bits per heavy atom. The van der Waals surface area contributed by atoms with Crippen LogP contribution in [-0.2, 0) is 0 Å². The molecule has 1 N–H and O–H groups in total. The van der Waals surface area contributed by atoms with Crippen molar-refractivity contribution in [3.63, 3.8) is 0 Å². The van der Waals surface area contributed by atoms with Crippen LogP contribution in [0.3, 0.4) is 0 Å². The number of benzene rings is 2. The number of ether oxygens (including phenoxy) is 1. The number of fused-ring (bicyclic) bond motifs is 1. The van der Waals surface area contributed by atoms with Crippen LogP contribution in [0.25, 0.3) is 22.2 Å². The molecular weight excluding hydrogens is 382 g/mol. The predicted molar refractivity (Wildman–Crippen MR) is 102 cm³/mol. The normalized spacial score (nSPS) is 11.0. The first-order valence-corrected chi connectivity index (χ1v) is 8.80. The topological polar surface area (TPSA) is 59.4 Å². The van der Waals surface area contributed by atoms with Gasteiger partial charge in [-0.05, 0) is 54.4 Å². The average Bonchev–Trinajstić information content (AvgIpc) is 2.59. The van der Waals surface area contributed by atoms with Gasteiger partial charge in [0.25, 0.3) is 0 Å². The molecule has 0 radical (unpaired) electrons. The summed E-state index contributed by atoms with van der Waals surface area (Å²) >= 11 is 3.38. The summed E-state index contributed by atoms with van der Waals surface area (Å²) in [4.78, 5) is 16.3. The summed E-state index contributed by atoms with van der Waals surface area (Å²) in [6.07, 6.45) is 0. The van der Waals surface area contributed by atoms with E-state index in [0.29, 0.717) is 29.1 Å². The van der Waals surface area contributed by atoms with Crippen LogP contribution in [0.5, 0.6) is 5.75 Å². The lowest BCUT2D eigenvalue weighted by Gasteiger charge is -2.10. The Kier molecular flexibility index (Phi) is 5.04. The van der Waals surface area contributed by atoms with Crippen LogP contribution in [0.2, 0.25) is 0 Å². The maximum Gasteiger partial charge on any atom is 0.336 e. The van der Waals surface area contributed by atoms with Crippen molar-refractivity contribution in [2.45, 2.75) is 13.8 Å². The molecule has 0 unspecified atom stereocenters. The van der Waals surface area contributed by atoms with Gasteiger partial charge < -0.3 is 9.84 Å². The van der Waals surface area contributed by atoms with E-state index in [1.165, 1.54) is 0 Å². The van der Waals surface area contributed by atoms with Crippen LogP contribution in [-0.4, -0.2) is 22.7 Å². The van der Waals surface area contributed by atoms with Crippen molar-refractivity contribution >= 4 is 32.8 Å². The van der Waals surface area contributed by atoms with Gasteiger partial charge in [0.05, 0.1) is 23.4 Å². The Hall–Kier alpha value is -2.40. The molecule has 2 aromatic carbocycles. The minimum absolute atomic E-state index is 0.237. The summed E-state index contributed by atoms with van der Waals surface area (Å²) in [5.74, 6) is 0.281. The molecule has 25 heavy (non-hydrogen) atoms. The van der Waals surface area contributed by atoms with Crippen LogP contribution in [0.4, 0.5) is 0 Å². The SMILES string of the molecule is CC(C)COc1ccc(-c2cc(C(=O)O)c3cc(Br)ccc3n2)cc1. The lowest BCUT2D eigenvalue weighted by Crippen LogP contribution is -2.04. The number of carbonyl (C=O) groups is 1. The minimum atomic E-state index is -0.969. The van der Waals surface area contributed by atoms with E-state index in [1.54, 1.807) is 12.1 Å². The highest BCUT2D eigenvalue weighted by molar-refractivity contribution is 9.10. The monoisotopic (exact) mass is 399 g/mol. The van der Waals surface area contributed by atoms with Gasteiger partial charge in [-0.2, -0.15) is 0 Å². The van der Waals surface area contributed by atoms with Crippen LogP contribution >= 0.6 is 15.9 Å². The molecular formula is C20H18BrNO3. The van der Waals surface area contributed by atoms with E-state index in [2.05, 4.69) is 34.8 Å². The van der Waals surface area contributed by atoms with Crippen molar-refractivity contribution in [2.24, 2.45) is 5.92 Å². The first-order chi connectivity index (χ1) is 11.9. The van der Waals surface area contributed by atoms with Crippen molar-refractivity contribution in [1.29, 1.82) is 0 Å². The molecule has 5 heteroatoms. The second kappa shape index (κ2) is 7.23. The lowest BCUT2D eigenvalue weighted by atomic mass is 10.0.